The van der Waals surface area contributed by atoms with E-state index >= 15 is 0 Å². The molecule has 0 aliphatic rings. The summed E-state index contributed by atoms with van der Waals surface area (Å²) in [6.45, 7) is 0.138. The number of hydrogen-bond donors (Lipinski definition) is 8. The van der Waals surface area contributed by atoms with Crippen molar-refractivity contribution in [1.29, 1.82) is 0 Å². The molecule has 138 valence electrons. The van der Waals surface area contributed by atoms with Crippen LogP contribution in [0.1, 0.15) is 11.1 Å². The van der Waals surface area contributed by atoms with Crippen LogP contribution in [0, 0.1) is 0 Å². The number of aliphatic hydroxyl groups is 6. The molecule has 4 atom stereocenters. The summed E-state index contributed by atoms with van der Waals surface area (Å²) in [5.41, 5.74) is 1.74. The summed E-state index contributed by atoms with van der Waals surface area (Å²) in [6, 6.07) is 1.89. The molecule has 9 nitrogen and oxygen atoms in total. The van der Waals surface area contributed by atoms with E-state index in [1.165, 1.54) is 0 Å². The van der Waals surface area contributed by atoms with Gasteiger partial charge < -0.3 is 41.3 Å². The van der Waals surface area contributed by atoms with Crippen LogP contribution in [0.15, 0.2) is 18.5 Å². The van der Waals surface area contributed by atoms with Crippen LogP contribution in [0.25, 0.3) is 0 Å². The van der Waals surface area contributed by atoms with Gasteiger partial charge in [-0.05, 0) is 11.1 Å². The highest BCUT2D eigenvalue weighted by molar-refractivity contribution is 5.18. The van der Waals surface area contributed by atoms with Crippen molar-refractivity contribution in [3.63, 3.8) is 0 Å². The van der Waals surface area contributed by atoms with Gasteiger partial charge in [0.25, 0.3) is 0 Å². The monoisotopic (exact) mass is 345 g/mol. The van der Waals surface area contributed by atoms with Crippen molar-refractivity contribution < 1.29 is 30.6 Å². The molecule has 4 unspecified atom stereocenters. The van der Waals surface area contributed by atoms with Crippen molar-refractivity contribution in [3.05, 3.63) is 29.6 Å². The summed E-state index contributed by atoms with van der Waals surface area (Å²) in [7, 11) is 0. The Hall–Kier alpha value is -1.17. The molecule has 9 heteroatoms. The summed E-state index contributed by atoms with van der Waals surface area (Å²) < 4.78 is 0. The highest BCUT2D eigenvalue weighted by Crippen LogP contribution is 2.03. The Bertz CT molecular complexity index is 427. The van der Waals surface area contributed by atoms with E-state index in [4.69, 9.17) is 10.2 Å². The first-order valence-corrected chi connectivity index (χ1v) is 7.76. The Morgan fingerprint density at radius 1 is 0.750 bits per heavy atom. The lowest BCUT2D eigenvalue weighted by Crippen LogP contribution is -2.38. The maximum Gasteiger partial charge on any atom is 0.104 e. The molecule has 1 rings (SSSR count). The third-order valence-corrected chi connectivity index (χ3v) is 3.48. The Morgan fingerprint density at radius 2 is 1.17 bits per heavy atom. The Kier molecular flexibility index (Phi) is 9.91. The van der Waals surface area contributed by atoms with Crippen LogP contribution in [0.5, 0.6) is 0 Å². The van der Waals surface area contributed by atoms with Gasteiger partial charge in [-0.2, -0.15) is 0 Å². The van der Waals surface area contributed by atoms with E-state index in [2.05, 4.69) is 15.6 Å². The fourth-order valence-electron chi connectivity index (χ4n) is 1.98. The Balaban J connectivity index is 2.35. The molecule has 0 amide bonds. The largest absolute Gasteiger partial charge is 0.394 e. The number of aliphatic hydroxyl groups excluding tert-OH is 6. The van der Waals surface area contributed by atoms with Gasteiger partial charge in [0, 0.05) is 38.6 Å². The minimum Gasteiger partial charge on any atom is -0.394 e. The molecule has 0 aliphatic heterocycles. The summed E-state index contributed by atoms with van der Waals surface area (Å²) in [5.74, 6) is 0. The first-order chi connectivity index (χ1) is 11.5. The number of nitrogens with one attached hydrogen (secondary N) is 2. The standard InChI is InChI=1S/C15H27N3O6/c19-8-14(23)12(21)6-17-4-10-1-11(3-16-2-10)5-18-7-13(22)15(24)9-20/h1-3,12-15,17-24H,4-9H2. The van der Waals surface area contributed by atoms with Crippen LogP contribution in [-0.4, -0.2) is 86.3 Å². The topological polar surface area (TPSA) is 158 Å². The van der Waals surface area contributed by atoms with Crippen molar-refractivity contribution in [2.24, 2.45) is 0 Å². The second kappa shape index (κ2) is 11.4. The molecular weight excluding hydrogens is 318 g/mol. The van der Waals surface area contributed by atoms with Crippen LogP contribution in [0.3, 0.4) is 0 Å². The van der Waals surface area contributed by atoms with Gasteiger partial charge in [0.15, 0.2) is 0 Å². The van der Waals surface area contributed by atoms with Gasteiger partial charge in [0.05, 0.1) is 25.4 Å². The second-order valence-corrected chi connectivity index (χ2v) is 5.60. The van der Waals surface area contributed by atoms with Gasteiger partial charge in [-0.3, -0.25) is 4.98 Å². The van der Waals surface area contributed by atoms with E-state index in [1.54, 1.807) is 12.4 Å². The summed E-state index contributed by atoms with van der Waals surface area (Å²) in [5, 5.41) is 60.9. The zero-order valence-corrected chi connectivity index (χ0v) is 13.4. The third-order valence-electron chi connectivity index (χ3n) is 3.48. The molecule has 0 aliphatic carbocycles. The molecule has 1 aromatic rings. The predicted molar refractivity (Wildman–Crippen MR) is 85.8 cm³/mol. The minimum absolute atomic E-state index is 0.134. The van der Waals surface area contributed by atoms with Crippen LogP contribution in [-0.2, 0) is 13.1 Å². The molecule has 0 fully saturated rings. The highest BCUT2D eigenvalue weighted by atomic mass is 16.4. The van der Waals surface area contributed by atoms with Gasteiger partial charge >= 0.3 is 0 Å². The molecule has 0 radical (unpaired) electrons. The number of aromatic nitrogens is 1. The van der Waals surface area contributed by atoms with Crippen molar-refractivity contribution in [1.82, 2.24) is 15.6 Å². The predicted octanol–water partition coefficient (Wildman–Crippen LogP) is -3.31. The SMILES string of the molecule is OCC(O)C(O)CNCc1cncc(CNCC(O)C(O)CO)c1. The van der Waals surface area contributed by atoms with Crippen molar-refractivity contribution in [2.75, 3.05) is 26.3 Å². The lowest BCUT2D eigenvalue weighted by atomic mass is 10.1. The van der Waals surface area contributed by atoms with E-state index in [0.29, 0.717) is 13.1 Å². The Labute approximate surface area is 140 Å². The maximum atomic E-state index is 9.52. The zero-order valence-electron chi connectivity index (χ0n) is 13.4. The smallest absolute Gasteiger partial charge is 0.104 e. The van der Waals surface area contributed by atoms with E-state index < -0.39 is 37.6 Å². The lowest BCUT2D eigenvalue weighted by Gasteiger charge is -2.17. The minimum atomic E-state index is -1.17. The van der Waals surface area contributed by atoms with Crippen LogP contribution >= 0.6 is 0 Å². The van der Waals surface area contributed by atoms with Gasteiger partial charge in [0.1, 0.15) is 12.2 Å². The quantitative estimate of drug-likeness (QED) is 0.194. The molecule has 24 heavy (non-hydrogen) atoms. The number of hydrogen-bond acceptors (Lipinski definition) is 9. The molecule has 0 saturated heterocycles. The molecule has 1 heterocycles. The second-order valence-electron chi connectivity index (χ2n) is 5.60. The van der Waals surface area contributed by atoms with Crippen molar-refractivity contribution >= 4 is 0 Å². The van der Waals surface area contributed by atoms with Crippen LogP contribution in [0.4, 0.5) is 0 Å². The van der Waals surface area contributed by atoms with Crippen LogP contribution < -0.4 is 10.6 Å². The molecule has 0 aromatic carbocycles. The average Bonchev–Trinajstić information content (AvgIpc) is 2.60. The van der Waals surface area contributed by atoms with Gasteiger partial charge in [-0.1, -0.05) is 6.07 Å². The van der Waals surface area contributed by atoms with Crippen molar-refractivity contribution in [3.8, 4) is 0 Å². The van der Waals surface area contributed by atoms with Gasteiger partial charge in [-0.25, -0.2) is 0 Å². The molecule has 0 bridgehead atoms. The first kappa shape index (κ1) is 20.9. The van der Waals surface area contributed by atoms with E-state index in [0.717, 1.165) is 11.1 Å². The zero-order chi connectivity index (χ0) is 17.9. The number of rotatable bonds is 12. The van der Waals surface area contributed by atoms with Crippen LogP contribution in [0.2, 0.25) is 0 Å². The first-order valence-electron chi connectivity index (χ1n) is 7.76. The van der Waals surface area contributed by atoms with E-state index in [1.807, 2.05) is 6.07 Å². The summed E-state index contributed by atoms with van der Waals surface area (Å²) in [6.07, 6.45) is -1.12. The normalized spacial score (nSPS) is 16.6. The fourth-order valence-corrected chi connectivity index (χ4v) is 1.98. The summed E-state index contributed by atoms with van der Waals surface area (Å²) >= 11 is 0. The van der Waals surface area contributed by atoms with Gasteiger partial charge in [-0.15, -0.1) is 0 Å². The molecular formula is C15H27N3O6. The van der Waals surface area contributed by atoms with Crippen molar-refractivity contribution in [2.45, 2.75) is 37.5 Å². The Morgan fingerprint density at radius 3 is 1.54 bits per heavy atom. The molecule has 8 N–H and O–H groups in total. The number of nitrogens with zero attached hydrogens (tertiary/aromatic N) is 1. The van der Waals surface area contributed by atoms with E-state index in [-0.39, 0.29) is 13.1 Å². The molecule has 0 saturated carbocycles. The van der Waals surface area contributed by atoms with Gasteiger partial charge in [0.2, 0.25) is 0 Å². The maximum absolute atomic E-state index is 9.52. The molecule has 1 aromatic heterocycles. The van der Waals surface area contributed by atoms with E-state index in [9.17, 15) is 20.4 Å². The average molecular weight is 345 g/mol. The third kappa shape index (κ3) is 7.60. The highest BCUT2D eigenvalue weighted by Gasteiger charge is 2.15. The lowest BCUT2D eigenvalue weighted by molar-refractivity contribution is -0.0130. The number of pyridine rings is 1. The fraction of sp³-hybridized carbons (Fsp3) is 0.667. The summed E-state index contributed by atoms with van der Waals surface area (Å²) in [4.78, 5) is 4.10. The molecule has 0 spiro atoms.